The van der Waals surface area contributed by atoms with Crippen molar-refractivity contribution in [2.45, 2.75) is 52.7 Å². The summed E-state index contributed by atoms with van der Waals surface area (Å²) in [6.07, 6.45) is 0. The zero-order chi connectivity index (χ0) is 18.2. The van der Waals surface area contributed by atoms with Crippen LogP contribution in [0.15, 0.2) is 42.5 Å². The molecule has 0 bridgehead atoms. The van der Waals surface area contributed by atoms with Gasteiger partial charge in [0.05, 0.1) is 11.2 Å². The van der Waals surface area contributed by atoms with Crippen LogP contribution in [0.4, 0.5) is 0 Å². The highest BCUT2D eigenvalue weighted by Gasteiger charge is 2.51. The molecule has 0 N–H and O–H groups in total. The molecule has 0 amide bonds. The lowest BCUT2D eigenvalue weighted by atomic mass is 9.76. The number of hydrogen-bond acceptors (Lipinski definition) is 2. The molecule has 0 spiro atoms. The molecule has 3 heteroatoms. The summed E-state index contributed by atoms with van der Waals surface area (Å²) >= 11 is 0. The van der Waals surface area contributed by atoms with Crippen LogP contribution in [0.25, 0.3) is 0 Å². The van der Waals surface area contributed by atoms with Crippen molar-refractivity contribution >= 4 is 12.6 Å². The Morgan fingerprint density at radius 2 is 1.44 bits per heavy atom. The van der Waals surface area contributed by atoms with Gasteiger partial charge in [0, 0.05) is 11.1 Å². The lowest BCUT2D eigenvalue weighted by Crippen LogP contribution is -2.41. The van der Waals surface area contributed by atoms with Gasteiger partial charge >= 0.3 is 7.12 Å². The van der Waals surface area contributed by atoms with Crippen LogP contribution in [0.3, 0.4) is 0 Å². The van der Waals surface area contributed by atoms with E-state index in [0.717, 1.165) is 16.6 Å². The summed E-state index contributed by atoms with van der Waals surface area (Å²) in [5.74, 6) is 6.56. The summed E-state index contributed by atoms with van der Waals surface area (Å²) in [5.41, 5.74) is 4.78. The van der Waals surface area contributed by atoms with Crippen LogP contribution in [0.1, 0.15) is 49.9 Å². The van der Waals surface area contributed by atoms with Crippen molar-refractivity contribution in [2.24, 2.45) is 0 Å². The van der Waals surface area contributed by atoms with E-state index in [1.807, 2.05) is 30.3 Å². The van der Waals surface area contributed by atoms with Crippen LogP contribution in [-0.2, 0) is 9.31 Å². The van der Waals surface area contributed by atoms with Crippen molar-refractivity contribution < 1.29 is 9.31 Å². The molecule has 1 fully saturated rings. The Kier molecular flexibility index (Phi) is 4.53. The van der Waals surface area contributed by atoms with Gasteiger partial charge in [0.1, 0.15) is 0 Å². The fourth-order valence-electron chi connectivity index (χ4n) is 2.79. The summed E-state index contributed by atoms with van der Waals surface area (Å²) in [6.45, 7) is 12.5. The minimum absolute atomic E-state index is 0.341. The first kappa shape index (κ1) is 17.8. The van der Waals surface area contributed by atoms with Crippen LogP contribution >= 0.6 is 0 Å². The summed E-state index contributed by atoms with van der Waals surface area (Å²) < 4.78 is 12.4. The lowest BCUT2D eigenvalue weighted by Gasteiger charge is -2.32. The molecule has 1 aliphatic rings. The smallest absolute Gasteiger partial charge is 0.399 e. The van der Waals surface area contributed by atoms with Crippen molar-refractivity contribution in [3.63, 3.8) is 0 Å². The van der Waals surface area contributed by atoms with Gasteiger partial charge in [0.15, 0.2) is 0 Å². The zero-order valence-electron chi connectivity index (χ0n) is 15.9. The topological polar surface area (TPSA) is 18.5 Å². The van der Waals surface area contributed by atoms with Crippen molar-refractivity contribution in [2.75, 3.05) is 0 Å². The van der Waals surface area contributed by atoms with E-state index in [-0.39, 0.29) is 18.3 Å². The monoisotopic (exact) mass is 332 g/mol. The first-order valence-corrected chi connectivity index (χ1v) is 8.73. The second-order valence-corrected chi connectivity index (χ2v) is 7.71. The van der Waals surface area contributed by atoms with Gasteiger partial charge in [-0.2, -0.15) is 0 Å². The Morgan fingerprint density at radius 1 is 0.840 bits per heavy atom. The highest BCUT2D eigenvalue weighted by Crippen LogP contribution is 2.36. The van der Waals surface area contributed by atoms with Crippen LogP contribution in [0.5, 0.6) is 0 Å². The Balaban J connectivity index is 1.96. The fraction of sp³-hybridized carbons (Fsp3) is 0.364. The Hall–Kier alpha value is -2.02. The molecule has 0 atom stereocenters. The van der Waals surface area contributed by atoms with Crippen LogP contribution < -0.4 is 5.46 Å². The lowest BCUT2D eigenvalue weighted by molar-refractivity contribution is 0.00578. The minimum Gasteiger partial charge on any atom is -0.399 e. The van der Waals surface area contributed by atoms with Crippen molar-refractivity contribution in [1.29, 1.82) is 0 Å². The van der Waals surface area contributed by atoms with Gasteiger partial charge in [-0.05, 0) is 76.3 Å². The quantitative estimate of drug-likeness (QED) is 0.580. The molecule has 3 rings (SSSR count). The summed E-state index contributed by atoms with van der Waals surface area (Å²) in [6, 6.07) is 14.3. The van der Waals surface area contributed by atoms with Crippen LogP contribution in [-0.4, -0.2) is 18.3 Å². The number of benzene rings is 2. The van der Waals surface area contributed by atoms with E-state index < -0.39 is 0 Å². The molecule has 0 aliphatic carbocycles. The average Bonchev–Trinajstić information content (AvgIpc) is 2.77. The second kappa shape index (κ2) is 6.37. The fourth-order valence-corrected chi connectivity index (χ4v) is 2.79. The predicted octanol–water partition coefficient (Wildman–Crippen LogP) is 4.00. The molecule has 1 heterocycles. The van der Waals surface area contributed by atoms with E-state index in [4.69, 9.17) is 9.31 Å². The Morgan fingerprint density at radius 3 is 2.04 bits per heavy atom. The maximum absolute atomic E-state index is 6.19. The summed E-state index contributed by atoms with van der Waals surface area (Å²) in [7, 11) is -0.360. The maximum Gasteiger partial charge on any atom is 0.494 e. The van der Waals surface area contributed by atoms with Crippen molar-refractivity contribution in [1.82, 2.24) is 0 Å². The normalized spacial score (nSPS) is 17.9. The molecule has 2 aromatic carbocycles. The largest absolute Gasteiger partial charge is 0.494 e. The average molecular weight is 332 g/mol. The Labute approximate surface area is 151 Å². The molecule has 1 saturated heterocycles. The SMILES string of the molecule is Cc1cc(B2OC(C)(C)C(C)(C)O2)cc(C#Cc2ccccc2)c1C. The third-order valence-corrected chi connectivity index (χ3v) is 5.33. The van der Waals surface area contributed by atoms with Crippen molar-refractivity contribution in [3.8, 4) is 11.8 Å². The standard InChI is InChI=1S/C22H25BO2/c1-16-14-20(23-24-21(3,4)22(5,6)25-23)15-19(17(16)2)13-12-18-10-8-7-9-11-18/h7-11,14-15H,1-6H3. The van der Waals surface area contributed by atoms with Gasteiger partial charge in [-0.3, -0.25) is 0 Å². The molecule has 128 valence electrons. The molecule has 0 unspecified atom stereocenters. The highest BCUT2D eigenvalue weighted by molar-refractivity contribution is 6.62. The number of aryl methyl sites for hydroxylation is 1. The molecule has 2 nitrogen and oxygen atoms in total. The Bertz CT molecular complexity index is 826. The third-order valence-electron chi connectivity index (χ3n) is 5.33. The molecule has 1 aliphatic heterocycles. The highest BCUT2D eigenvalue weighted by atomic mass is 16.7. The molecule has 25 heavy (non-hydrogen) atoms. The summed E-state index contributed by atoms with van der Waals surface area (Å²) in [4.78, 5) is 0. The van der Waals surface area contributed by atoms with Crippen LogP contribution in [0.2, 0.25) is 0 Å². The molecule has 0 radical (unpaired) electrons. The van der Waals surface area contributed by atoms with Gasteiger partial charge < -0.3 is 9.31 Å². The van der Waals surface area contributed by atoms with E-state index in [1.54, 1.807) is 0 Å². The van der Waals surface area contributed by atoms with Gasteiger partial charge in [-0.25, -0.2) is 0 Å². The van der Waals surface area contributed by atoms with Gasteiger partial charge in [-0.1, -0.05) is 36.1 Å². The van der Waals surface area contributed by atoms with E-state index in [1.165, 1.54) is 11.1 Å². The molecular weight excluding hydrogens is 307 g/mol. The molecule has 0 aromatic heterocycles. The molecule has 2 aromatic rings. The second-order valence-electron chi connectivity index (χ2n) is 7.71. The maximum atomic E-state index is 6.19. The molecule has 0 saturated carbocycles. The third kappa shape index (κ3) is 3.51. The minimum atomic E-state index is -0.360. The predicted molar refractivity (Wildman–Crippen MR) is 104 cm³/mol. The number of rotatable bonds is 1. The number of hydrogen-bond donors (Lipinski definition) is 0. The van der Waals surface area contributed by atoms with E-state index in [9.17, 15) is 0 Å². The van der Waals surface area contributed by atoms with E-state index >= 15 is 0 Å². The van der Waals surface area contributed by atoms with E-state index in [0.29, 0.717) is 0 Å². The van der Waals surface area contributed by atoms with Crippen LogP contribution in [0, 0.1) is 25.7 Å². The summed E-state index contributed by atoms with van der Waals surface area (Å²) in [5, 5.41) is 0. The van der Waals surface area contributed by atoms with Gasteiger partial charge in [-0.15, -0.1) is 0 Å². The van der Waals surface area contributed by atoms with Gasteiger partial charge in [0.25, 0.3) is 0 Å². The first-order chi connectivity index (χ1) is 11.7. The molecular formula is C22H25BO2. The van der Waals surface area contributed by atoms with E-state index in [2.05, 4.69) is 65.5 Å². The zero-order valence-corrected chi connectivity index (χ0v) is 15.9. The first-order valence-electron chi connectivity index (χ1n) is 8.73. The van der Waals surface area contributed by atoms with Crippen molar-refractivity contribution in [3.05, 3.63) is 64.7 Å². The van der Waals surface area contributed by atoms with Gasteiger partial charge in [0.2, 0.25) is 0 Å².